The summed E-state index contributed by atoms with van der Waals surface area (Å²) in [4.78, 5) is 17.0. The fourth-order valence-corrected chi connectivity index (χ4v) is 3.15. The number of ether oxygens (including phenoxy) is 1. The van der Waals surface area contributed by atoms with Crippen LogP contribution in [0.4, 0.5) is 5.69 Å². The van der Waals surface area contributed by atoms with E-state index >= 15 is 0 Å². The predicted molar refractivity (Wildman–Crippen MR) is 111 cm³/mol. The fourth-order valence-electron chi connectivity index (χ4n) is 2.89. The van der Waals surface area contributed by atoms with Crippen LogP contribution in [0.25, 0.3) is 0 Å². The van der Waals surface area contributed by atoms with Crippen molar-refractivity contribution in [2.75, 3.05) is 26.1 Å². The van der Waals surface area contributed by atoms with Crippen LogP contribution in [0, 0.1) is 0 Å². The molecule has 5 nitrogen and oxygen atoms in total. The van der Waals surface area contributed by atoms with Crippen LogP contribution >= 0.6 is 11.6 Å². The highest BCUT2D eigenvalue weighted by molar-refractivity contribution is 6.32. The quantitative estimate of drug-likeness (QED) is 0.570. The summed E-state index contributed by atoms with van der Waals surface area (Å²) in [6.45, 7) is 0.821. The third kappa shape index (κ3) is 4.67. The van der Waals surface area contributed by atoms with Gasteiger partial charge in [0.05, 0.1) is 24.9 Å². The van der Waals surface area contributed by atoms with Crippen molar-refractivity contribution in [3.63, 3.8) is 0 Å². The molecule has 6 heteroatoms. The number of halogens is 1. The maximum absolute atomic E-state index is 13.2. The monoisotopic (exact) mass is 398 g/mol. The van der Waals surface area contributed by atoms with E-state index in [-0.39, 0.29) is 5.91 Å². The lowest BCUT2D eigenvalue weighted by Gasteiger charge is -2.23. The second-order valence-corrected chi connectivity index (χ2v) is 7.06. The molecule has 1 aromatic heterocycles. The number of methoxy groups -OCH3 is 1. The number of benzene rings is 2. The van der Waals surface area contributed by atoms with Crippen molar-refractivity contribution in [3.05, 3.63) is 82.8 Å². The summed E-state index contributed by atoms with van der Waals surface area (Å²) in [7, 11) is 5.54. The first kappa shape index (κ1) is 19.8. The smallest absolute Gasteiger partial charge is 0.254 e. The Balaban J connectivity index is 1.85. The lowest BCUT2D eigenvalue weighted by molar-refractivity contribution is 0.0717. The van der Waals surface area contributed by atoms with Crippen LogP contribution < -0.4 is 9.64 Å². The Hall–Kier alpha value is -2.92. The minimum atomic E-state index is -0.127. The van der Waals surface area contributed by atoms with Crippen molar-refractivity contribution in [1.82, 2.24) is 4.90 Å². The van der Waals surface area contributed by atoms with Crippen molar-refractivity contribution < 1.29 is 13.9 Å². The first-order valence-corrected chi connectivity index (χ1v) is 9.27. The highest BCUT2D eigenvalue weighted by atomic mass is 35.5. The van der Waals surface area contributed by atoms with Crippen LogP contribution in [-0.2, 0) is 13.1 Å². The number of carbonyl (C=O) groups excluding carboxylic acids is 1. The van der Waals surface area contributed by atoms with Gasteiger partial charge in [0.1, 0.15) is 11.5 Å². The molecule has 0 saturated heterocycles. The zero-order valence-corrected chi connectivity index (χ0v) is 16.9. The largest absolute Gasteiger partial charge is 0.495 e. The van der Waals surface area contributed by atoms with Crippen LogP contribution in [0.2, 0.25) is 5.02 Å². The van der Waals surface area contributed by atoms with Gasteiger partial charge in [0, 0.05) is 31.9 Å². The van der Waals surface area contributed by atoms with Gasteiger partial charge in [-0.2, -0.15) is 0 Å². The van der Waals surface area contributed by atoms with E-state index in [0.717, 1.165) is 17.0 Å². The molecule has 28 heavy (non-hydrogen) atoms. The third-order valence-electron chi connectivity index (χ3n) is 4.44. The Bertz CT molecular complexity index is 921. The topological polar surface area (TPSA) is 45.9 Å². The summed E-state index contributed by atoms with van der Waals surface area (Å²) >= 11 is 6.21. The van der Waals surface area contributed by atoms with E-state index in [1.165, 1.54) is 0 Å². The van der Waals surface area contributed by atoms with E-state index in [9.17, 15) is 4.79 Å². The fraction of sp³-hybridized carbons (Fsp3) is 0.227. The van der Waals surface area contributed by atoms with Gasteiger partial charge in [-0.15, -0.1) is 0 Å². The molecule has 146 valence electrons. The molecule has 0 saturated carbocycles. The molecule has 0 fully saturated rings. The average molecular weight is 399 g/mol. The van der Waals surface area contributed by atoms with Gasteiger partial charge >= 0.3 is 0 Å². The van der Waals surface area contributed by atoms with Gasteiger partial charge in [-0.05, 0) is 48.0 Å². The van der Waals surface area contributed by atoms with E-state index in [1.54, 1.807) is 36.5 Å². The Labute approximate surface area is 170 Å². The molecule has 0 unspecified atom stereocenters. The minimum absolute atomic E-state index is 0.127. The van der Waals surface area contributed by atoms with Crippen molar-refractivity contribution in [2.24, 2.45) is 0 Å². The lowest BCUT2D eigenvalue weighted by atomic mass is 10.1. The molecule has 0 radical (unpaired) electrons. The molecule has 1 heterocycles. The summed E-state index contributed by atoms with van der Waals surface area (Å²) in [5, 5.41) is 0.404. The molecule has 0 spiro atoms. The number of amides is 1. The molecule has 0 aliphatic rings. The Morgan fingerprint density at radius 3 is 2.39 bits per heavy atom. The van der Waals surface area contributed by atoms with E-state index in [1.807, 2.05) is 55.4 Å². The van der Waals surface area contributed by atoms with Crippen LogP contribution in [-0.4, -0.2) is 32.0 Å². The molecule has 2 aromatic carbocycles. The number of hydrogen-bond donors (Lipinski definition) is 0. The van der Waals surface area contributed by atoms with Crippen molar-refractivity contribution in [1.29, 1.82) is 0 Å². The molecule has 0 atom stereocenters. The van der Waals surface area contributed by atoms with Gasteiger partial charge in [-0.1, -0.05) is 23.7 Å². The summed E-state index contributed by atoms with van der Waals surface area (Å²) in [6, 6.07) is 16.9. The number of carbonyl (C=O) groups is 1. The van der Waals surface area contributed by atoms with Gasteiger partial charge in [0.2, 0.25) is 0 Å². The van der Waals surface area contributed by atoms with Crippen LogP contribution in [0.15, 0.2) is 65.3 Å². The summed E-state index contributed by atoms with van der Waals surface area (Å²) in [5.74, 6) is 1.13. The lowest BCUT2D eigenvalue weighted by Crippen LogP contribution is -2.30. The number of hydrogen-bond acceptors (Lipinski definition) is 4. The molecular formula is C22H23ClN2O3. The summed E-state index contributed by atoms with van der Waals surface area (Å²) < 4.78 is 10.6. The van der Waals surface area contributed by atoms with Crippen molar-refractivity contribution in [2.45, 2.75) is 13.1 Å². The van der Waals surface area contributed by atoms with Gasteiger partial charge in [0.25, 0.3) is 5.91 Å². The zero-order chi connectivity index (χ0) is 20.1. The molecule has 3 rings (SSSR count). The Morgan fingerprint density at radius 2 is 1.82 bits per heavy atom. The number of anilines is 1. The van der Waals surface area contributed by atoms with Gasteiger partial charge in [-0.3, -0.25) is 4.79 Å². The molecule has 0 N–H and O–H groups in total. The summed E-state index contributed by atoms with van der Waals surface area (Å²) in [5.41, 5.74) is 2.64. The van der Waals surface area contributed by atoms with Crippen LogP contribution in [0.5, 0.6) is 5.75 Å². The van der Waals surface area contributed by atoms with Gasteiger partial charge in [0.15, 0.2) is 0 Å². The Morgan fingerprint density at radius 1 is 1.07 bits per heavy atom. The standard InChI is InChI=1S/C22H23ClN2O3/c1-24(2)18-9-6-16(7-10-18)14-25(15-19-5-4-12-28-19)22(26)17-8-11-21(27-3)20(23)13-17/h4-13H,14-15H2,1-3H3. The number of nitrogens with zero attached hydrogens (tertiary/aromatic N) is 2. The molecule has 0 aliphatic carbocycles. The van der Waals surface area contributed by atoms with E-state index in [2.05, 4.69) is 0 Å². The highest BCUT2D eigenvalue weighted by Gasteiger charge is 2.19. The zero-order valence-electron chi connectivity index (χ0n) is 16.2. The van der Waals surface area contributed by atoms with Crippen LogP contribution in [0.1, 0.15) is 21.7 Å². The van der Waals surface area contributed by atoms with Gasteiger partial charge < -0.3 is 19.0 Å². The maximum atomic E-state index is 13.2. The number of furan rings is 1. The normalized spacial score (nSPS) is 10.6. The minimum Gasteiger partial charge on any atom is -0.495 e. The second-order valence-electron chi connectivity index (χ2n) is 6.65. The van der Waals surface area contributed by atoms with Gasteiger partial charge in [-0.25, -0.2) is 0 Å². The first-order chi connectivity index (χ1) is 13.5. The average Bonchev–Trinajstić information content (AvgIpc) is 3.20. The maximum Gasteiger partial charge on any atom is 0.254 e. The SMILES string of the molecule is COc1ccc(C(=O)N(Cc2ccc(N(C)C)cc2)Cc2ccco2)cc1Cl. The van der Waals surface area contributed by atoms with E-state index in [4.69, 9.17) is 20.8 Å². The van der Waals surface area contributed by atoms with E-state index in [0.29, 0.717) is 29.4 Å². The molecule has 0 aliphatic heterocycles. The molecule has 3 aromatic rings. The van der Waals surface area contributed by atoms with E-state index < -0.39 is 0 Å². The molecule has 0 bridgehead atoms. The highest BCUT2D eigenvalue weighted by Crippen LogP contribution is 2.26. The molecule has 1 amide bonds. The van der Waals surface area contributed by atoms with Crippen molar-refractivity contribution >= 4 is 23.2 Å². The molecular weight excluding hydrogens is 376 g/mol. The number of rotatable bonds is 7. The third-order valence-corrected chi connectivity index (χ3v) is 4.73. The predicted octanol–water partition coefficient (Wildman–Crippen LogP) is 4.85. The summed E-state index contributed by atoms with van der Waals surface area (Å²) in [6.07, 6.45) is 1.61. The van der Waals surface area contributed by atoms with Crippen molar-refractivity contribution in [3.8, 4) is 5.75 Å². The first-order valence-electron chi connectivity index (χ1n) is 8.89. The second kappa shape index (κ2) is 8.85. The van der Waals surface area contributed by atoms with Crippen LogP contribution in [0.3, 0.4) is 0 Å². The Kier molecular flexibility index (Phi) is 6.26.